The second kappa shape index (κ2) is 5.16. The van der Waals surface area contributed by atoms with Crippen molar-refractivity contribution < 1.29 is 0 Å². The summed E-state index contributed by atoms with van der Waals surface area (Å²) in [6.07, 6.45) is 6.63. The number of anilines is 1. The summed E-state index contributed by atoms with van der Waals surface area (Å²) in [6.45, 7) is 1.10. The minimum Gasteiger partial charge on any atom is -0.384 e. The lowest BCUT2D eigenvalue weighted by Gasteiger charge is -2.40. The van der Waals surface area contributed by atoms with Crippen molar-refractivity contribution in [3.8, 4) is 0 Å². The summed E-state index contributed by atoms with van der Waals surface area (Å²) in [4.78, 5) is 2.50. The van der Waals surface area contributed by atoms with Crippen LogP contribution in [-0.4, -0.2) is 18.4 Å². The van der Waals surface area contributed by atoms with Crippen molar-refractivity contribution in [1.82, 2.24) is 0 Å². The lowest BCUT2D eigenvalue weighted by atomic mass is 9.91. The molecule has 1 aromatic rings. The molecule has 1 aliphatic heterocycles. The summed E-state index contributed by atoms with van der Waals surface area (Å²) in [5.41, 5.74) is 7.77. The van der Waals surface area contributed by atoms with E-state index in [4.69, 9.17) is 11.1 Å². The van der Waals surface area contributed by atoms with Gasteiger partial charge in [0, 0.05) is 28.3 Å². The van der Waals surface area contributed by atoms with Crippen LogP contribution < -0.4 is 10.6 Å². The standard InChI is InChI=1S/C15H20BrN3/c16-11-6-7-14(12(9-11)15(17)18)19-8-2-4-10-3-1-5-13(10)19/h6-7,9-10,13H,1-5,8H2,(H3,17,18). The van der Waals surface area contributed by atoms with E-state index in [1.54, 1.807) is 0 Å². The maximum Gasteiger partial charge on any atom is 0.124 e. The molecule has 0 bridgehead atoms. The first-order valence-electron chi connectivity index (χ1n) is 7.07. The van der Waals surface area contributed by atoms with E-state index in [-0.39, 0.29) is 5.84 Å². The van der Waals surface area contributed by atoms with Crippen LogP contribution in [0.3, 0.4) is 0 Å². The normalized spacial score (nSPS) is 26.3. The molecule has 0 amide bonds. The number of nitrogens with zero attached hydrogens (tertiary/aromatic N) is 1. The van der Waals surface area contributed by atoms with Gasteiger partial charge in [0.1, 0.15) is 5.84 Å². The van der Waals surface area contributed by atoms with E-state index in [0.29, 0.717) is 6.04 Å². The summed E-state index contributed by atoms with van der Waals surface area (Å²) >= 11 is 3.47. The predicted octanol–water partition coefficient (Wildman–Crippen LogP) is 3.50. The Morgan fingerprint density at radius 2 is 2.05 bits per heavy atom. The highest BCUT2D eigenvalue weighted by molar-refractivity contribution is 9.10. The minimum atomic E-state index is 0.163. The SMILES string of the molecule is N=C(N)c1cc(Br)ccc1N1CCCC2CCCC21. The van der Waals surface area contributed by atoms with Crippen molar-refractivity contribution in [2.75, 3.05) is 11.4 Å². The highest BCUT2D eigenvalue weighted by atomic mass is 79.9. The highest BCUT2D eigenvalue weighted by Gasteiger charge is 2.35. The van der Waals surface area contributed by atoms with Gasteiger partial charge in [-0.25, -0.2) is 0 Å². The summed E-state index contributed by atoms with van der Waals surface area (Å²) in [6, 6.07) is 6.80. The van der Waals surface area contributed by atoms with Crippen LogP contribution in [0.25, 0.3) is 0 Å². The molecule has 0 aromatic heterocycles. The second-order valence-electron chi connectivity index (χ2n) is 5.67. The third kappa shape index (κ3) is 2.38. The number of fused-ring (bicyclic) bond motifs is 1. The Morgan fingerprint density at radius 1 is 1.26 bits per heavy atom. The molecular formula is C15H20BrN3. The molecule has 1 heterocycles. The molecule has 102 valence electrons. The van der Waals surface area contributed by atoms with Gasteiger partial charge >= 0.3 is 0 Å². The Morgan fingerprint density at radius 3 is 2.84 bits per heavy atom. The molecule has 2 atom stereocenters. The van der Waals surface area contributed by atoms with Gasteiger partial charge in [-0.3, -0.25) is 5.41 Å². The molecule has 1 saturated carbocycles. The van der Waals surface area contributed by atoms with Crippen molar-refractivity contribution in [1.29, 1.82) is 5.41 Å². The fraction of sp³-hybridized carbons (Fsp3) is 0.533. The number of rotatable bonds is 2. The molecule has 2 aliphatic rings. The number of nitrogen functional groups attached to an aromatic ring is 1. The predicted molar refractivity (Wildman–Crippen MR) is 82.9 cm³/mol. The number of piperidine rings is 1. The largest absolute Gasteiger partial charge is 0.384 e. The average Bonchev–Trinajstić information content (AvgIpc) is 2.86. The van der Waals surface area contributed by atoms with E-state index in [0.717, 1.165) is 28.2 Å². The van der Waals surface area contributed by atoms with Crippen molar-refractivity contribution in [2.45, 2.75) is 38.1 Å². The molecule has 2 fully saturated rings. The Hall–Kier alpha value is -1.03. The fourth-order valence-electron chi connectivity index (χ4n) is 3.73. The number of halogens is 1. The Balaban J connectivity index is 1.98. The van der Waals surface area contributed by atoms with Crippen LogP contribution in [0, 0.1) is 11.3 Å². The van der Waals surface area contributed by atoms with Crippen LogP contribution in [0.2, 0.25) is 0 Å². The molecule has 2 unspecified atom stereocenters. The second-order valence-corrected chi connectivity index (χ2v) is 6.58. The van der Waals surface area contributed by atoms with Crippen molar-refractivity contribution in [2.24, 2.45) is 11.7 Å². The average molecular weight is 322 g/mol. The summed E-state index contributed by atoms with van der Waals surface area (Å²) in [5, 5.41) is 7.81. The Labute approximate surface area is 122 Å². The highest BCUT2D eigenvalue weighted by Crippen LogP contribution is 2.40. The lowest BCUT2D eigenvalue weighted by Crippen LogP contribution is -2.43. The van der Waals surface area contributed by atoms with Crippen molar-refractivity contribution in [3.63, 3.8) is 0 Å². The van der Waals surface area contributed by atoms with Gasteiger partial charge in [-0.1, -0.05) is 22.4 Å². The lowest BCUT2D eigenvalue weighted by molar-refractivity contribution is 0.362. The zero-order valence-corrected chi connectivity index (χ0v) is 12.6. The van der Waals surface area contributed by atoms with Crippen LogP contribution in [0.4, 0.5) is 5.69 Å². The number of hydrogen-bond donors (Lipinski definition) is 2. The van der Waals surface area contributed by atoms with Gasteiger partial charge in [0.15, 0.2) is 0 Å². The quantitative estimate of drug-likeness (QED) is 0.647. The molecule has 3 rings (SSSR count). The van der Waals surface area contributed by atoms with Gasteiger partial charge in [0.2, 0.25) is 0 Å². The Bertz CT molecular complexity index is 500. The van der Waals surface area contributed by atoms with E-state index in [1.165, 1.54) is 32.1 Å². The maximum absolute atomic E-state index is 7.81. The minimum absolute atomic E-state index is 0.163. The van der Waals surface area contributed by atoms with Crippen LogP contribution >= 0.6 is 15.9 Å². The van der Waals surface area contributed by atoms with E-state index >= 15 is 0 Å². The smallest absolute Gasteiger partial charge is 0.124 e. The van der Waals surface area contributed by atoms with E-state index < -0.39 is 0 Å². The number of amidine groups is 1. The molecular weight excluding hydrogens is 302 g/mol. The van der Waals surface area contributed by atoms with Gasteiger partial charge in [-0.2, -0.15) is 0 Å². The maximum atomic E-state index is 7.81. The summed E-state index contributed by atoms with van der Waals surface area (Å²) < 4.78 is 0.987. The zero-order chi connectivity index (χ0) is 13.4. The van der Waals surface area contributed by atoms with Gasteiger partial charge in [0.25, 0.3) is 0 Å². The van der Waals surface area contributed by atoms with E-state index in [9.17, 15) is 0 Å². The van der Waals surface area contributed by atoms with Crippen LogP contribution in [0.5, 0.6) is 0 Å². The number of hydrogen-bond acceptors (Lipinski definition) is 2. The van der Waals surface area contributed by atoms with Crippen LogP contribution in [0.1, 0.15) is 37.7 Å². The first kappa shape index (κ1) is 13.0. The zero-order valence-electron chi connectivity index (χ0n) is 11.0. The van der Waals surface area contributed by atoms with E-state index in [2.05, 4.69) is 33.0 Å². The first-order chi connectivity index (χ1) is 9.16. The molecule has 1 aliphatic carbocycles. The number of nitrogens with two attached hydrogens (primary N) is 1. The van der Waals surface area contributed by atoms with Gasteiger partial charge in [-0.15, -0.1) is 0 Å². The molecule has 4 heteroatoms. The Kier molecular flexibility index (Phi) is 3.52. The van der Waals surface area contributed by atoms with Crippen molar-refractivity contribution >= 4 is 27.5 Å². The molecule has 1 saturated heterocycles. The molecule has 0 spiro atoms. The summed E-state index contributed by atoms with van der Waals surface area (Å²) in [7, 11) is 0. The topological polar surface area (TPSA) is 53.1 Å². The fourth-order valence-corrected chi connectivity index (χ4v) is 4.09. The molecule has 1 aromatic carbocycles. The third-order valence-electron chi connectivity index (χ3n) is 4.55. The van der Waals surface area contributed by atoms with Crippen LogP contribution in [0.15, 0.2) is 22.7 Å². The third-order valence-corrected chi connectivity index (χ3v) is 5.04. The van der Waals surface area contributed by atoms with Crippen LogP contribution in [-0.2, 0) is 0 Å². The van der Waals surface area contributed by atoms with Gasteiger partial charge in [-0.05, 0) is 49.8 Å². The van der Waals surface area contributed by atoms with Gasteiger partial charge < -0.3 is 10.6 Å². The monoisotopic (exact) mass is 321 g/mol. The molecule has 3 N–H and O–H groups in total. The first-order valence-corrected chi connectivity index (χ1v) is 7.86. The molecule has 19 heavy (non-hydrogen) atoms. The number of benzene rings is 1. The number of nitrogens with one attached hydrogen (secondary N) is 1. The van der Waals surface area contributed by atoms with Crippen molar-refractivity contribution in [3.05, 3.63) is 28.2 Å². The summed E-state index contributed by atoms with van der Waals surface area (Å²) in [5.74, 6) is 1.01. The molecule has 3 nitrogen and oxygen atoms in total. The van der Waals surface area contributed by atoms with Gasteiger partial charge in [0.05, 0.1) is 0 Å². The molecule has 0 radical (unpaired) electrons. The van der Waals surface area contributed by atoms with E-state index in [1.807, 2.05) is 6.07 Å².